The standard InChI is InChI=1S/C37H42N2O4/c40-29-16-18-30-27(22-29)14-9-21-39-32-23-28(15-17-31(32)33(34(30)39)26-12-5-2-6-13-26)35(41)38-37(19-7-8-20-37)36(42)43-24-25-10-3-1-4-11-25/h1,3-4,10-11,15-18,22-23,26,33-34,40H,2,5-9,12-14,19-21,24H2,(H,38,41). The van der Waals surface area contributed by atoms with Crippen molar-refractivity contribution in [1.82, 2.24) is 5.32 Å². The summed E-state index contributed by atoms with van der Waals surface area (Å²) >= 11 is 0. The number of aryl methyl sites for hydroxylation is 1. The molecule has 6 nitrogen and oxygen atoms in total. The number of rotatable bonds is 6. The molecule has 1 amide bonds. The van der Waals surface area contributed by atoms with Crippen molar-refractivity contribution in [1.29, 1.82) is 0 Å². The lowest BCUT2D eigenvalue weighted by Crippen LogP contribution is -2.53. The van der Waals surface area contributed by atoms with Crippen molar-refractivity contribution in [2.75, 3.05) is 11.4 Å². The molecule has 2 aliphatic heterocycles. The SMILES string of the molecule is O=C(NC1(C(=O)OCc2ccccc2)CCCC1)c1ccc2c(c1)N1CCCc3cc(O)ccc3C1C2C1CCCCC1. The third-order valence-electron chi connectivity index (χ3n) is 10.5. The van der Waals surface area contributed by atoms with Gasteiger partial charge in [0.15, 0.2) is 0 Å². The molecule has 3 aromatic carbocycles. The molecule has 43 heavy (non-hydrogen) atoms. The highest BCUT2D eigenvalue weighted by molar-refractivity contribution is 5.99. The van der Waals surface area contributed by atoms with E-state index in [9.17, 15) is 14.7 Å². The van der Waals surface area contributed by atoms with E-state index in [1.165, 1.54) is 48.8 Å². The number of hydrogen-bond acceptors (Lipinski definition) is 5. The summed E-state index contributed by atoms with van der Waals surface area (Å²) in [6, 6.07) is 22.0. The van der Waals surface area contributed by atoms with E-state index in [1.807, 2.05) is 48.5 Å². The summed E-state index contributed by atoms with van der Waals surface area (Å²) in [4.78, 5) is 29.8. The Morgan fingerprint density at radius 1 is 0.884 bits per heavy atom. The maximum Gasteiger partial charge on any atom is 0.332 e. The van der Waals surface area contributed by atoms with E-state index in [4.69, 9.17) is 4.74 Å². The van der Waals surface area contributed by atoms with Gasteiger partial charge in [-0.25, -0.2) is 4.79 Å². The van der Waals surface area contributed by atoms with E-state index in [0.717, 1.165) is 43.5 Å². The van der Waals surface area contributed by atoms with Gasteiger partial charge in [-0.15, -0.1) is 0 Å². The number of carbonyl (C=O) groups excluding carboxylic acids is 2. The van der Waals surface area contributed by atoms with Gasteiger partial charge in [0.1, 0.15) is 17.9 Å². The lowest BCUT2D eigenvalue weighted by Gasteiger charge is -2.35. The summed E-state index contributed by atoms with van der Waals surface area (Å²) in [5.74, 6) is 0.748. The van der Waals surface area contributed by atoms with Gasteiger partial charge in [-0.1, -0.05) is 74.6 Å². The molecule has 2 N–H and O–H groups in total. The number of nitrogens with one attached hydrogen (secondary N) is 1. The summed E-state index contributed by atoms with van der Waals surface area (Å²) in [5.41, 5.74) is 5.61. The van der Waals surface area contributed by atoms with Gasteiger partial charge >= 0.3 is 5.97 Å². The zero-order valence-electron chi connectivity index (χ0n) is 24.9. The molecule has 0 aromatic heterocycles. The first-order valence-corrected chi connectivity index (χ1v) is 16.3. The molecular weight excluding hydrogens is 536 g/mol. The van der Waals surface area contributed by atoms with Gasteiger partial charge in [-0.2, -0.15) is 0 Å². The number of nitrogens with zero attached hydrogens (tertiary/aromatic N) is 1. The number of phenolic OH excluding ortho intramolecular Hbond substituents is 1. The second kappa shape index (κ2) is 11.7. The van der Waals surface area contributed by atoms with E-state index in [0.29, 0.717) is 36.0 Å². The number of fused-ring (bicyclic) bond motifs is 5. The van der Waals surface area contributed by atoms with Crippen LogP contribution >= 0.6 is 0 Å². The summed E-state index contributed by atoms with van der Waals surface area (Å²) in [6.45, 7) is 1.12. The zero-order valence-corrected chi connectivity index (χ0v) is 24.9. The third-order valence-corrected chi connectivity index (χ3v) is 10.5. The Bertz CT molecular complexity index is 1490. The predicted molar refractivity (Wildman–Crippen MR) is 167 cm³/mol. The molecule has 2 aliphatic carbocycles. The lowest BCUT2D eigenvalue weighted by atomic mass is 9.73. The van der Waals surface area contributed by atoms with Crippen LogP contribution in [0.1, 0.15) is 109 Å². The number of esters is 1. The fraction of sp³-hybridized carbons (Fsp3) is 0.459. The smallest absolute Gasteiger partial charge is 0.332 e. The lowest BCUT2D eigenvalue weighted by molar-refractivity contribution is -0.152. The van der Waals surface area contributed by atoms with Crippen molar-refractivity contribution < 1.29 is 19.4 Å². The quantitative estimate of drug-likeness (QED) is 0.299. The molecule has 0 radical (unpaired) electrons. The van der Waals surface area contributed by atoms with Crippen molar-refractivity contribution in [2.45, 2.75) is 94.7 Å². The molecule has 0 saturated heterocycles. The first kappa shape index (κ1) is 28.0. The number of ether oxygens (including phenoxy) is 1. The van der Waals surface area contributed by atoms with Crippen molar-refractivity contribution in [3.05, 3.63) is 94.5 Å². The van der Waals surface area contributed by atoms with Gasteiger partial charge < -0.3 is 20.1 Å². The minimum atomic E-state index is -0.985. The van der Waals surface area contributed by atoms with Gasteiger partial charge in [0.05, 0.1) is 6.04 Å². The molecule has 2 fully saturated rings. The molecule has 2 heterocycles. The van der Waals surface area contributed by atoms with Gasteiger partial charge in [0, 0.05) is 23.7 Å². The monoisotopic (exact) mass is 578 g/mol. The molecule has 3 aromatic rings. The van der Waals surface area contributed by atoms with E-state index in [2.05, 4.69) is 28.4 Å². The normalized spacial score (nSPS) is 22.7. The van der Waals surface area contributed by atoms with Crippen LogP contribution in [0.3, 0.4) is 0 Å². The van der Waals surface area contributed by atoms with E-state index in [-0.39, 0.29) is 24.5 Å². The van der Waals surface area contributed by atoms with Crippen LogP contribution in [-0.2, 0) is 22.6 Å². The van der Waals surface area contributed by atoms with Crippen molar-refractivity contribution in [2.24, 2.45) is 5.92 Å². The second-order valence-corrected chi connectivity index (χ2v) is 13.1. The van der Waals surface area contributed by atoms with Crippen LogP contribution in [0.2, 0.25) is 0 Å². The minimum Gasteiger partial charge on any atom is -0.508 e. The first-order chi connectivity index (χ1) is 21.0. The molecule has 0 spiro atoms. The summed E-state index contributed by atoms with van der Waals surface area (Å²) in [5, 5.41) is 13.4. The maximum atomic E-state index is 13.9. The van der Waals surface area contributed by atoms with Crippen LogP contribution in [0.25, 0.3) is 0 Å². The minimum absolute atomic E-state index is 0.203. The third kappa shape index (κ3) is 5.30. The molecule has 7 rings (SSSR count). The topological polar surface area (TPSA) is 78.9 Å². The Balaban J connectivity index is 1.18. The molecule has 2 saturated carbocycles. The molecule has 2 atom stereocenters. The van der Waals surface area contributed by atoms with Crippen LogP contribution in [0.15, 0.2) is 66.7 Å². The fourth-order valence-corrected chi connectivity index (χ4v) is 8.40. The largest absolute Gasteiger partial charge is 0.508 e. The fourth-order valence-electron chi connectivity index (χ4n) is 8.40. The van der Waals surface area contributed by atoms with E-state index < -0.39 is 5.54 Å². The zero-order chi connectivity index (χ0) is 29.4. The summed E-state index contributed by atoms with van der Waals surface area (Å²) in [6.07, 6.45) is 11.2. The van der Waals surface area contributed by atoms with Crippen molar-refractivity contribution in [3.8, 4) is 5.75 Å². The van der Waals surface area contributed by atoms with Crippen LogP contribution in [0.4, 0.5) is 5.69 Å². The van der Waals surface area contributed by atoms with Crippen molar-refractivity contribution >= 4 is 17.6 Å². The molecule has 0 bridgehead atoms. The van der Waals surface area contributed by atoms with Gasteiger partial charge in [-0.3, -0.25) is 4.79 Å². The van der Waals surface area contributed by atoms with Crippen LogP contribution in [0, 0.1) is 5.92 Å². The van der Waals surface area contributed by atoms with Gasteiger partial charge in [0.25, 0.3) is 5.91 Å². The number of aromatic hydroxyl groups is 1. The number of hydrogen-bond donors (Lipinski definition) is 2. The number of amides is 1. The van der Waals surface area contributed by atoms with Gasteiger partial charge in [-0.05, 0) is 91.0 Å². The van der Waals surface area contributed by atoms with Crippen LogP contribution < -0.4 is 10.2 Å². The van der Waals surface area contributed by atoms with E-state index in [1.54, 1.807) is 0 Å². The Morgan fingerprint density at radius 3 is 2.44 bits per heavy atom. The Labute approximate surface area is 254 Å². The average molecular weight is 579 g/mol. The van der Waals surface area contributed by atoms with Crippen LogP contribution in [-0.4, -0.2) is 29.1 Å². The second-order valence-electron chi connectivity index (χ2n) is 13.1. The number of benzene rings is 3. The molecule has 224 valence electrons. The Hall–Kier alpha value is -3.80. The molecule has 6 heteroatoms. The highest BCUT2D eigenvalue weighted by atomic mass is 16.5. The number of phenols is 1. The van der Waals surface area contributed by atoms with Crippen molar-refractivity contribution in [3.63, 3.8) is 0 Å². The molecule has 2 unspecified atom stereocenters. The summed E-state index contributed by atoms with van der Waals surface area (Å²) in [7, 11) is 0. The molecular formula is C37H42N2O4. The van der Waals surface area contributed by atoms with E-state index >= 15 is 0 Å². The predicted octanol–water partition coefficient (Wildman–Crippen LogP) is 7.35. The van der Waals surface area contributed by atoms with Crippen LogP contribution in [0.5, 0.6) is 5.75 Å². The van der Waals surface area contributed by atoms with Gasteiger partial charge in [0.2, 0.25) is 0 Å². The highest BCUT2D eigenvalue weighted by Gasteiger charge is 2.47. The first-order valence-electron chi connectivity index (χ1n) is 16.3. The maximum absolute atomic E-state index is 13.9. The summed E-state index contributed by atoms with van der Waals surface area (Å²) < 4.78 is 5.75. The average Bonchev–Trinajstić information content (AvgIpc) is 3.59. The number of carbonyl (C=O) groups is 2. The Kier molecular flexibility index (Phi) is 7.62. The highest BCUT2D eigenvalue weighted by Crippen LogP contribution is 2.56. The number of anilines is 1. The molecule has 4 aliphatic rings. The Morgan fingerprint density at radius 2 is 1.65 bits per heavy atom.